The fourth-order valence-corrected chi connectivity index (χ4v) is 3.16. The number of para-hydroxylation sites is 3. The zero-order valence-corrected chi connectivity index (χ0v) is 12.7. The second-order valence-corrected chi connectivity index (χ2v) is 5.60. The van der Waals surface area contributed by atoms with Gasteiger partial charge in [0.05, 0.1) is 16.6 Å². The monoisotopic (exact) mass is 304 g/mol. The Morgan fingerprint density at radius 1 is 1.09 bits per heavy atom. The minimum atomic E-state index is -0.437. The van der Waals surface area contributed by atoms with E-state index in [4.69, 9.17) is 15.7 Å². The number of nitrogens with two attached hydrogens (primary N) is 1. The number of hydrogen-bond acceptors (Lipinski definition) is 3. The second kappa shape index (κ2) is 5.05. The van der Waals surface area contributed by atoms with Gasteiger partial charge in [-0.05, 0) is 24.6 Å². The predicted octanol–water partition coefficient (Wildman–Crippen LogP) is 3.17. The molecule has 0 aliphatic carbocycles. The minimum Gasteiger partial charge on any atom is -0.368 e. The van der Waals surface area contributed by atoms with Gasteiger partial charge < -0.3 is 10.3 Å². The standard InChI is InChI=1S/C18H16N4O/c1-2-14(17(19)23)22-15-10-6-3-7-11(15)16-18(22)21-13-9-5-4-8-12(13)20-16/h3-10,14H,2H2,1H3,(H2,19,23). The number of carbonyl (C=O) groups excluding carboxylic acids is 1. The minimum absolute atomic E-state index is 0.356. The first-order valence-electron chi connectivity index (χ1n) is 7.65. The van der Waals surface area contributed by atoms with Crippen LogP contribution >= 0.6 is 0 Å². The van der Waals surface area contributed by atoms with Crippen molar-refractivity contribution >= 4 is 39.0 Å². The van der Waals surface area contributed by atoms with Gasteiger partial charge in [0.1, 0.15) is 11.6 Å². The van der Waals surface area contributed by atoms with Crippen LogP contribution < -0.4 is 5.73 Å². The molecule has 2 N–H and O–H groups in total. The third-order valence-electron chi connectivity index (χ3n) is 4.23. The van der Waals surface area contributed by atoms with Gasteiger partial charge in [0, 0.05) is 5.39 Å². The molecule has 2 heterocycles. The maximum absolute atomic E-state index is 11.9. The zero-order valence-electron chi connectivity index (χ0n) is 12.7. The van der Waals surface area contributed by atoms with E-state index < -0.39 is 6.04 Å². The molecule has 0 aliphatic heterocycles. The van der Waals surface area contributed by atoms with Crippen molar-refractivity contribution in [2.24, 2.45) is 5.73 Å². The highest BCUT2D eigenvalue weighted by atomic mass is 16.1. The molecule has 5 heteroatoms. The SMILES string of the molecule is CCC(C(N)=O)n1c2ccccc2c2nc3ccccc3nc21. The van der Waals surface area contributed by atoms with Gasteiger partial charge in [0.2, 0.25) is 5.91 Å². The van der Waals surface area contributed by atoms with Crippen LogP contribution in [0.25, 0.3) is 33.1 Å². The van der Waals surface area contributed by atoms with Gasteiger partial charge in [0.25, 0.3) is 0 Å². The topological polar surface area (TPSA) is 73.8 Å². The summed E-state index contributed by atoms with van der Waals surface area (Å²) in [6, 6.07) is 15.2. The molecule has 4 aromatic rings. The van der Waals surface area contributed by atoms with Gasteiger partial charge >= 0.3 is 0 Å². The van der Waals surface area contributed by atoms with Crippen LogP contribution in [0.2, 0.25) is 0 Å². The summed E-state index contributed by atoms with van der Waals surface area (Å²) in [4.78, 5) is 21.5. The fraction of sp³-hybridized carbons (Fsp3) is 0.167. The van der Waals surface area contributed by atoms with Crippen molar-refractivity contribution in [2.75, 3.05) is 0 Å². The van der Waals surface area contributed by atoms with E-state index in [0.717, 1.165) is 27.5 Å². The lowest BCUT2D eigenvalue weighted by molar-refractivity contribution is -0.121. The van der Waals surface area contributed by atoms with Crippen LogP contribution in [-0.4, -0.2) is 20.4 Å². The van der Waals surface area contributed by atoms with Crippen LogP contribution in [-0.2, 0) is 4.79 Å². The maximum atomic E-state index is 11.9. The van der Waals surface area contributed by atoms with E-state index in [1.54, 1.807) is 0 Å². The molecule has 1 unspecified atom stereocenters. The summed E-state index contributed by atoms with van der Waals surface area (Å²) < 4.78 is 1.92. The molecule has 114 valence electrons. The fourth-order valence-electron chi connectivity index (χ4n) is 3.16. The number of aromatic nitrogens is 3. The van der Waals surface area contributed by atoms with Gasteiger partial charge in [-0.2, -0.15) is 0 Å². The van der Waals surface area contributed by atoms with Crippen molar-refractivity contribution in [3.8, 4) is 0 Å². The quantitative estimate of drug-likeness (QED) is 0.631. The summed E-state index contributed by atoms with van der Waals surface area (Å²) in [5.41, 5.74) is 9.72. The van der Waals surface area contributed by atoms with E-state index in [0.29, 0.717) is 12.1 Å². The van der Waals surface area contributed by atoms with Crippen LogP contribution in [0.1, 0.15) is 19.4 Å². The first-order chi connectivity index (χ1) is 11.2. The lowest BCUT2D eigenvalue weighted by Gasteiger charge is -2.15. The molecule has 4 rings (SSSR count). The van der Waals surface area contributed by atoms with E-state index in [2.05, 4.69) is 0 Å². The highest BCUT2D eigenvalue weighted by molar-refractivity contribution is 6.07. The molecule has 0 bridgehead atoms. The number of fused-ring (bicyclic) bond motifs is 4. The molecule has 0 saturated heterocycles. The number of hydrogen-bond donors (Lipinski definition) is 1. The summed E-state index contributed by atoms with van der Waals surface area (Å²) in [5, 5.41) is 0.987. The third-order valence-corrected chi connectivity index (χ3v) is 4.23. The zero-order chi connectivity index (χ0) is 16.0. The predicted molar refractivity (Wildman–Crippen MR) is 91.1 cm³/mol. The molecule has 0 fully saturated rings. The van der Waals surface area contributed by atoms with Gasteiger partial charge in [-0.15, -0.1) is 0 Å². The average Bonchev–Trinajstić information content (AvgIpc) is 2.87. The average molecular weight is 304 g/mol. The molecular formula is C18H16N4O. The summed E-state index contributed by atoms with van der Waals surface area (Å²) in [5.74, 6) is -0.356. The lowest BCUT2D eigenvalue weighted by atomic mass is 10.2. The van der Waals surface area contributed by atoms with E-state index >= 15 is 0 Å². The van der Waals surface area contributed by atoms with Crippen molar-refractivity contribution in [3.05, 3.63) is 48.5 Å². The van der Waals surface area contributed by atoms with Crippen LogP contribution in [0.15, 0.2) is 48.5 Å². The lowest BCUT2D eigenvalue weighted by Crippen LogP contribution is -2.26. The first kappa shape index (κ1) is 13.7. The van der Waals surface area contributed by atoms with Gasteiger partial charge in [-0.1, -0.05) is 37.3 Å². The number of benzene rings is 2. The molecular weight excluding hydrogens is 288 g/mol. The smallest absolute Gasteiger partial charge is 0.240 e. The van der Waals surface area contributed by atoms with Crippen molar-refractivity contribution < 1.29 is 4.79 Å². The van der Waals surface area contributed by atoms with Crippen molar-refractivity contribution in [3.63, 3.8) is 0 Å². The Bertz CT molecular complexity index is 1050. The summed E-state index contributed by atoms with van der Waals surface area (Å²) >= 11 is 0. The molecule has 23 heavy (non-hydrogen) atoms. The Hall–Kier alpha value is -2.95. The van der Waals surface area contributed by atoms with Crippen LogP contribution in [0.3, 0.4) is 0 Å². The number of amides is 1. The highest BCUT2D eigenvalue weighted by Gasteiger charge is 2.23. The Kier molecular flexibility index (Phi) is 3.01. The van der Waals surface area contributed by atoms with Crippen LogP contribution in [0.4, 0.5) is 0 Å². The summed E-state index contributed by atoms with van der Waals surface area (Å²) in [6.45, 7) is 1.95. The third kappa shape index (κ3) is 1.97. The molecule has 0 spiro atoms. The normalized spacial score (nSPS) is 12.9. The number of carbonyl (C=O) groups is 1. The van der Waals surface area contributed by atoms with Crippen molar-refractivity contribution in [1.29, 1.82) is 0 Å². The molecule has 2 aromatic carbocycles. The largest absolute Gasteiger partial charge is 0.368 e. The molecule has 2 aromatic heterocycles. The van der Waals surface area contributed by atoms with Gasteiger partial charge in [-0.25, -0.2) is 9.97 Å². The Labute approximate surface area is 132 Å². The van der Waals surface area contributed by atoms with E-state index in [1.165, 1.54) is 0 Å². The molecule has 0 saturated carbocycles. The Morgan fingerprint density at radius 2 is 1.74 bits per heavy atom. The highest BCUT2D eigenvalue weighted by Crippen LogP contribution is 2.31. The van der Waals surface area contributed by atoms with E-state index in [1.807, 2.05) is 60.0 Å². The number of rotatable bonds is 3. The van der Waals surface area contributed by atoms with Crippen LogP contribution in [0.5, 0.6) is 0 Å². The first-order valence-corrected chi connectivity index (χ1v) is 7.65. The number of nitrogens with zero attached hydrogens (tertiary/aromatic N) is 3. The molecule has 5 nitrogen and oxygen atoms in total. The molecule has 1 amide bonds. The van der Waals surface area contributed by atoms with Gasteiger partial charge in [0.15, 0.2) is 5.65 Å². The summed E-state index contributed by atoms with van der Waals surface area (Å²) in [6.07, 6.45) is 0.609. The molecule has 0 aliphatic rings. The summed E-state index contributed by atoms with van der Waals surface area (Å²) in [7, 11) is 0. The molecule has 0 radical (unpaired) electrons. The van der Waals surface area contributed by atoms with Gasteiger partial charge in [-0.3, -0.25) is 4.79 Å². The maximum Gasteiger partial charge on any atom is 0.240 e. The molecule has 1 atom stereocenters. The van der Waals surface area contributed by atoms with E-state index in [-0.39, 0.29) is 5.91 Å². The van der Waals surface area contributed by atoms with Crippen LogP contribution in [0, 0.1) is 0 Å². The Balaban J connectivity index is 2.21. The van der Waals surface area contributed by atoms with Crippen molar-refractivity contribution in [2.45, 2.75) is 19.4 Å². The van der Waals surface area contributed by atoms with E-state index in [9.17, 15) is 4.79 Å². The number of primary amides is 1. The second-order valence-electron chi connectivity index (χ2n) is 5.60. The van der Waals surface area contributed by atoms with Crippen molar-refractivity contribution in [1.82, 2.24) is 14.5 Å². The Morgan fingerprint density at radius 3 is 2.43 bits per heavy atom.